The first kappa shape index (κ1) is 16.2. The number of piperidine rings is 2. The third-order valence-electron chi connectivity index (χ3n) is 5.82. The third kappa shape index (κ3) is 3.73. The Morgan fingerprint density at radius 2 is 1.55 bits per heavy atom. The van der Waals surface area contributed by atoms with Gasteiger partial charge in [0, 0.05) is 38.8 Å². The highest BCUT2D eigenvalue weighted by Crippen LogP contribution is 2.33. The smallest absolute Gasteiger partial charge is 0.126 e. The van der Waals surface area contributed by atoms with Gasteiger partial charge in [-0.3, -0.25) is 4.90 Å². The lowest BCUT2D eigenvalue weighted by Gasteiger charge is -2.45. The zero-order valence-corrected chi connectivity index (χ0v) is 14.0. The van der Waals surface area contributed by atoms with E-state index in [4.69, 9.17) is 0 Å². The molecule has 0 radical (unpaired) electrons. The monoisotopic (exact) mass is 284 g/mol. The minimum absolute atomic E-state index is 0.551. The highest BCUT2D eigenvalue weighted by Gasteiger charge is 2.39. The molecule has 2 atom stereocenters. The molecule has 0 amide bonds. The molecule has 0 spiro atoms. The summed E-state index contributed by atoms with van der Waals surface area (Å²) in [6.45, 7) is 16.0. The van der Waals surface area contributed by atoms with E-state index in [1.54, 1.807) is 0 Å². The number of hydrogen-bond donors (Lipinski definition) is 0. The van der Waals surface area contributed by atoms with E-state index in [1.165, 1.54) is 0 Å². The number of likely N-dealkylation sites (tertiary alicyclic amines) is 2. The summed E-state index contributed by atoms with van der Waals surface area (Å²) in [6, 6.07) is 0.551. The SMILES string of the molecule is CC1CN(CC2(F)CCN(C(C)C)CC2)CC(C)C1C. The van der Waals surface area contributed by atoms with E-state index < -0.39 is 5.67 Å². The van der Waals surface area contributed by atoms with Crippen LogP contribution in [0.2, 0.25) is 0 Å². The van der Waals surface area contributed by atoms with Crippen LogP contribution in [0.1, 0.15) is 47.5 Å². The zero-order valence-electron chi connectivity index (χ0n) is 14.0. The van der Waals surface area contributed by atoms with Crippen molar-refractivity contribution in [2.45, 2.75) is 59.2 Å². The van der Waals surface area contributed by atoms with Gasteiger partial charge >= 0.3 is 0 Å². The van der Waals surface area contributed by atoms with E-state index >= 15 is 4.39 Å². The molecular weight excluding hydrogens is 251 g/mol. The van der Waals surface area contributed by atoms with Crippen LogP contribution in [0, 0.1) is 17.8 Å². The fourth-order valence-corrected chi connectivity index (χ4v) is 3.91. The molecule has 2 fully saturated rings. The van der Waals surface area contributed by atoms with E-state index in [0.717, 1.165) is 32.1 Å². The van der Waals surface area contributed by atoms with Crippen molar-refractivity contribution in [2.24, 2.45) is 17.8 Å². The van der Waals surface area contributed by atoms with Crippen LogP contribution < -0.4 is 0 Å². The third-order valence-corrected chi connectivity index (χ3v) is 5.82. The summed E-state index contributed by atoms with van der Waals surface area (Å²) in [7, 11) is 0. The molecule has 2 aliphatic rings. The molecule has 0 N–H and O–H groups in total. The maximum absolute atomic E-state index is 15.1. The fourth-order valence-electron chi connectivity index (χ4n) is 3.91. The second kappa shape index (κ2) is 6.31. The molecule has 2 nitrogen and oxygen atoms in total. The van der Waals surface area contributed by atoms with Gasteiger partial charge in [-0.15, -0.1) is 0 Å². The Morgan fingerprint density at radius 1 is 1.05 bits per heavy atom. The molecule has 2 aliphatic heterocycles. The van der Waals surface area contributed by atoms with Crippen LogP contribution in [-0.4, -0.2) is 54.2 Å². The Labute approximate surface area is 124 Å². The summed E-state index contributed by atoms with van der Waals surface area (Å²) in [5.74, 6) is 2.15. The number of halogens is 1. The van der Waals surface area contributed by atoms with Crippen LogP contribution in [0.15, 0.2) is 0 Å². The van der Waals surface area contributed by atoms with Crippen molar-refractivity contribution >= 4 is 0 Å². The number of alkyl halides is 1. The van der Waals surface area contributed by atoms with Gasteiger partial charge in [0.2, 0.25) is 0 Å². The Balaban J connectivity index is 1.87. The predicted octanol–water partition coefficient (Wildman–Crippen LogP) is 3.42. The highest BCUT2D eigenvalue weighted by molar-refractivity contribution is 4.92. The first-order valence-corrected chi connectivity index (χ1v) is 8.46. The van der Waals surface area contributed by atoms with Crippen LogP contribution in [-0.2, 0) is 0 Å². The summed E-state index contributed by atoms with van der Waals surface area (Å²) in [6.07, 6.45) is 1.42. The van der Waals surface area contributed by atoms with E-state index in [9.17, 15) is 0 Å². The molecule has 3 heteroatoms. The maximum atomic E-state index is 15.1. The van der Waals surface area contributed by atoms with Gasteiger partial charge < -0.3 is 4.90 Å². The molecule has 20 heavy (non-hydrogen) atoms. The van der Waals surface area contributed by atoms with Crippen molar-refractivity contribution in [2.75, 3.05) is 32.7 Å². The minimum Gasteiger partial charge on any atom is -0.301 e. The zero-order chi connectivity index (χ0) is 14.9. The summed E-state index contributed by atoms with van der Waals surface area (Å²) < 4.78 is 15.1. The van der Waals surface area contributed by atoms with Crippen molar-refractivity contribution in [3.63, 3.8) is 0 Å². The van der Waals surface area contributed by atoms with Gasteiger partial charge in [-0.25, -0.2) is 4.39 Å². The first-order chi connectivity index (χ1) is 9.31. The van der Waals surface area contributed by atoms with Crippen LogP contribution in [0.3, 0.4) is 0 Å². The number of nitrogens with zero attached hydrogens (tertiary/aromatic N) is 2. The molecule has 0 aromatic heterocycles. The summed E-state index contributed by atoms with van der Waals surface area (Å²) in [5.41, 5.74) is -0.953. The second-order valence-electron chi connectivity index (χ2n) is 7.79. The molecule has 0 aliphatic carbocycles. The number of hydrogen-bond acceptors (Lipinski definition) is 2. The molecule has 2 heterocycles. The molecule has 0 saturated carbocycles. The van der Waals surface area contributed by atoms with Gasteiger partial charge in [0.1, 0.15) is 5.67 Å². The Hall–Kier alpha value is -0.150. The fraction of sp³-hybridized carbons (Fsp3) is 1.00. The molecule has 0 aromatic carbocycles. The van der Waals surface area contributed by atoms with Crippen LogP contribution in [0.4, 0.5) is 4.39 Å². The molecule has 0 bridgehead atoms. The first-order valence-electron chi connectivity index (χ1n) is 8.46. The second-order valence-corrected chi connectivity index (χ2v) is 7.79. The highest BCUT2D eigenvalue weighted by atomic mass is 19.1. The average molecular weight is 284 g/mol. The predicted molar refractivity (Wildman–Crippen MR) is 83.7 cm³/mol. The van der Waals surface area contributed by atoms with Gasteiger partial charge in [-0.2, -0.15) is 0 Å². The van der Waals surface area contributed by atoms with E-state index in [1.807, 2.05) is 0 Å². The Kier molecular flexibility index (Phi) is 5.12. The van der Waals surface area contributed by atoms with Crippen molar-refractivity contribution in [1.29, 1.82) is 0 Å². The summed E-state index contributed by atoms with van der Waals surface area (Å²) >= 11 is 0. The molecule has 0 aromatic rings. The lowest BCUT2D eigenvalue weighted by Crippen LogP contribution is -2.53. The quantitative estimate of drug-likeness (QED) is 0.783. The molecule has 2 unspecified atom stereocenters. The molecule has 118 valence electrons. The standard InChI is InChI=1S/C17H33FN2/c1-13(2)20-8-6-17(18,7-9-20)12-19-10-14(3)16(5)15(4)11-19/h13-16H,6-12H2,1-5H3. The normalized spacial score (nSPS) is 36.5. The van der Waals surface area contributed by atoms with E-state index in [2.05, 4.69) is 44.4 Å². The molecule has 2 saturated heterocycles. The topological polar surface area (TPSA) is 6.48 Å². The lowest BCUT2D eigenvalue weighted by molar-refractivity contribution is -0.0103. The van der Waals surface area contributed by atoms with Crippen molar-refractivity contribution < 1.29 is 4.39 Å². The largest absolute Gasteiger partial charge is 0.301 e. The summed E-state index contributed by atoms with van der Waals surface area (Å²) in [5, 5.41) is 0. The van der Waals surface area contributed by atoms with Crippen LogP contribution in [0.5, 0.6) is 0 Å². The van der Waals surface area contributed by atoms with Gasteiger partial charge in [0.05, 0.1) is 0 Å². The van der Waals surface area contributed by atoms with Gasteiger partial charge in [-0.05, 0) is 44.4 Å². The van der Waals surface area contributed by atoms with Crippen LogP contribution in [0.25, 0.3) is 0 Å². The van der Waals surface area contributed by atoms with E-state index in [-0.39, 0.29) is 0 Å². The van der Waals surface area contributed by atoms with Gasteiger partial charge in [0.15, 0.2) is 0 Å². The Morgan fingerprint density at radius 3 is 2.00 bits per heavy atom. The van der Waals surface area contributed by atoms with Gasteiger partial charge in [-0.1, -0.05) is 20.8 Å². The molecule has 2 rings (SSSR count). The lowest BCUT2D eigenvalue weighted by atomic mass is 9.80. The van der Waals surface area contributed by atoms with Crippen molar-refractivity contribution in [3.8, 4) is 0 Å². The Bertz CT molecular complexity index is 298. The van der Waals surface area contributed by atoms with Gasteiger partial charge in [0.25, 0.3) is 0 Å². The van der Waals surface area contributed by atoms with E-state index in [0.29, 0.717) is 37.3 Å². The van der Waals surface area contributed by atoms with Crippen molar-refractivity contribution in [1.82, 2.24) is 9.80 Å². The van der Waals surface area contributed by atoms with Crippen LogP contribution >= 0.6 is 0 Å². The maximum Gasteiger partial charge on any atom is 0.126 e. The summed E-state index contributed by atoms with van der Waals surface area (Å²) in [4.78, 5) is 4.79. The number of rotatable bonds is 3. The average Bonchev–Trinajstić information content (AvgIpc) is 2.36. The minimum atomic E-state index is -0.953. The molecular formula is C17H33FN2. The van der Waals surface area contributed by atoms with Crippen molar-refractivity contribution in [3.05, 3.63) is 0 Å².